The van der Waals surface area contributed by atoms with Crippen LogP contribution in [0.25, 0.3) is 0 Å². The number of carbonyl (C=O) groups excluding carboxylic acids is 7. The van der Waals surface area contributed by atoms with Gasteiger partial charge in [0, 0.05) is 129 Å². The number of Topliss-reactive ketones (excluding diaryl/α,β-unsaturated/α-hetero) is 3. The van der Waals surface area contributed by atoms with Crippen molar-refractivity contribution in [1.29, 1.82) is 0 Å². The van der Waals surface area contributed by atoms with E-state index in [1.807, 2.05) is 41.5 Å². The highest BCUT2D eigenvalue weighted by atomic mass is 28.4. The summed E-state index contributed by atoms with van der Waals surface area (Å²) in [6, 6.07) is 1.51. The van der Waals surface area contributed by atoms with Gasteiger partial charge in [-0.15, -0.1) is 0 Å². The number of halogens is 1. The standard InChI is InChI=1S/C67H103FN8O25Si/c1-66(2,3)102(68,67(4,5)6)49-20-14-42(15-21-49)59(90)70-38-45(37-47(78)18-22-52(65(100)101)76-33-31-74(40-57(86)87)29-27-73(39-56(84)85)28-30-75(32-34-76)41-58(88)89)60(91)72-51(64(98)99)13-9-10-26-69-53(80)24-19-46(77)11-7-8-12-50(63(96)97)71-54(81)23-16-43(61(92)93)35-48(79)36-44(62(94)95)17-25-55(82)83/h14-15,20-21,43-45,50-52H,7-13,16-19,22-41H2,1-6H3,(H,69,80)(H,70,90)(H,71,81)(H,72,91)(H,82,83)(H,84,85)(H,86,87)(H,88,89)(H,92,93)(H,94,95)(H,96,97)(H,98,99)(H,100,101)/t43-,44-,45-,50-,51-,52?/m1/s1. The first kappa shape index (κ1) is 89.4. The molecule has 1 aromatic rings. The van der Waals surface area contributed by atoms with Crippen molar-refractivity contribution in [2.45, 2.75) is 185 Å². The number of nitrogens with zero attached hydrogens (tertiary/aromatic N) is 4. The zero-order valence-corrected chi connectivity index (χ0v) is 59.9. The second-order valence-corrected chi connectivity index (χ2v) is 32.7. The van der Waals surface area contributed by atoms with E-state index in [2.05, 4.69) is 21.3 Å². The van der Waals surface area contributed by atoms with Gasteiger partial charge in [0.15, 0.2) is 0 Å². The average molecular weight is 1470 g/mol. The van der Waals surface area contributed by atoms with Crippen molar-refractivity contribution in [3.63, 3.8) is 0 Å². The molecule has 572 valence electrons. The SMILES string of the molecule is CC(C)(C)[Si](F)(c1ccc(C(=O)NC[C@@H](CC(=O)CCC(C(=O)O)N2CCN(CC(=O)O)CCN(CC(=O)O)CCN(CC(=O)O)CC2)C(=O)N[C@H](CCCCNC(=O)CCC(=O)CCCC[C@@H](NC(=O)CC[C@H](CC(=O)C[C@@H](CCC(=O)O)C(=O)O)C(=O)O)C(=O)O)C(=O)O)cc1)C(C)(C)C. The third kappa shape index (κ3) is 33.4. The lowest BCUT2D eigenvalue weighted by Gasteiger charge is -2.44. The lowest BCUT2D eigenvalue weighted by atomic mass is 9.90. The quantitative estimate of drug-likeness (QED) is 0.0253. The third-order valence-electron chi connectivity index (χ3n) is 17.7. The van der Waals surface area contributed by atoms with Gasteiger partial charge in [-0.25, -0.2) is 9.59 Å². The largest absolute Gasteiger partial charge is 0.481 e. The van der Waals surface area contributed by atoms with Gasteiger partial charge in [-0.2, -0.15) is 0 Å². The molecule has 0 aromatic heterocycles. The molecule has 13 N–H and O–H groups in total. The van der Waals surface area contributed by atoms with Crippen LogP contribution in [0.15, 0.2) is 24.3 Å². The number of hydrogen-bond donors (Lipinski definition) is 13. The minimum absolute atomic E-state index is 0.0163. The molecule has 6 atom stereocenters. The number of aliphatic carboxylic acids is 9. The monoisotopic (exact) mass is 1470 g/mol. The topological polar surface area (TPSA) is 516 Å². The Morgan fingerprint density at radius 1 is 0.431 bits per heavy atom. The summed E-state index contributed by atoms with van der Waals surface area (Å²) in [6.45, 7) is 8.94. The van der Waals surface area contributed by atoms with Crippen LogP contribution in [0.4, 0.5) is 4.11 Å². The van der Waals surface area contributed by atoms with Crippen LogP contribution in [-0.2, 0) is 71.9 Å². The van der Waals surface area contributed by atoms with Crippen LogP contribution < -0.4 is 26.5 Å². The van der Waals surface area contributed by atoms with Gasteiger partial charge >= 0.3 is 53.7 Å². The Morgan fingerprint density at radius 3 is 1.32 bits per heavy atom. The summed E-state index contributed by atoms with van der Waals surface area (Å²) < 4.78 is 17.2. The predicted molar refractivity (Wildman–Crippen MR) is 364 cm³/mol. The summed E-state index contributed by atoms with van der Waals surface area (Å²) in [4.78, 5) is 206. The Kier molecular flexibility index (Phi) is 38.5. The van der Waals surface area contributed by atoms with Gasteiger partial charge in [0.2, 0.25) is 17.7 Å². The summed E-state index contributed by atoms with van der Waals surface area (Å²) in [5.74, 6) is -21.2. The lowest BCUT2D eigenvalue weighted by Crippen LogP contribution is -2.57. The molecule has 33 nitrogen and oxygen atoms in total. The van der Waals surface area contributed by atoms with Gasteiger partial charge in [-0.05, 0) is 78.8 Å². The van der Waals surface area contributed by atoms with Crippen molar-refractivity contribution in [2.24, 2.45) is 17.8 Å². The number of nitrogens with one attached hydrogen (secondary N) is 4. The van der Waals surface area contributed by atoms with E-state index in [0.717, 1.165) is 0 Å². The lowest BCUT2D eigenvalue weighted by molar-refractivity contribution is -0.147. The van der Waals surface area contributed by atoms with Crippen LogP contribution in [0.3, 0.4) is 0 Å². The highest BCUT2D eigenvalue weighted by Crippen LogP contribution is 2.51. The molecule has 4 amide bonds. The molecule has 1 saturated heterocycles. The molecule has 1 aliphatic rings. The molecule has 1 aliphatic heterocycles. The minimum Gasteiger partial charge on any atom is -0.481 e. The molecular weight excluding hydrogens is 1360 g/mol. The van der Waals surface area contributed by atoms with Crippen LogP contribution in [0, 0.1) is 17.8 Å². The highest BCUT2D eigenvalue weighted by molar-refractivity contribution is 6.90. The maximum Gasteiger partial charge on any atom is 0.326 e. The van der Waals surface area contributed by atoms with E-state index >= 15 is 4.11 Å². The highest BCUT2D eigenvalue weighted by Gasteiger charge is 2.56. The molecule has 0 radical (unpaired) electrons. The van der Waals surface area contributed by atoms with Crippen molar-refractivity contribution in [1.82, 2.24) is 40.9 Å². The molecule has 1 heterocycles. The first-order chi connectivity index (χ1) is 47.5. The van der Waals surface area contributed by atoms with Gasteiger partial charge in [-0.1, -0.05) is 60.1 Å². The van der Waals surface area contributed by atoms with Gasteiger partial charge < -0.3 is 71.3 Å². The zero-order chi connectivity index (χ0) is 77.2. The van der Waals surface area contributed by atoms with Gasteiger partial charge in [0.25, 0.3) is 14.3 Å². The van der Waals surface area contributed by atoms with Crippen molar-refractivity contribution in [2.75, 3.05) is 85.1 Å². The first-order valence-electron chi connectivity index (χ1n) is 34.0. The number of carboxylic acid groups (broad SMARTS) is 9. The fourth-order valence-corrected chi connectivity index (χ4v) is 16.8. The van der Waals surface area contributed by atoms with Gasteiger partial charge in [-0.3, -0.25) is 86.7 Å². The maximum atomic E-state index is 17.2. The number of rotatable bonds is 47. The summed E-state index contributed by atoms with van der Waals surface area (Å²) >= 11 is 0. The zero-order valence-electron chi connectivity index (χ0n) is 58.9. The number of ketones is 3. The molecule has 0 spiro atoms. The number of benzene rings is 1. The smallest absolute Gasteiger partial charge is 0.326 e. The fraction of sp³-hybridized carbons (Fsp3) is 0.672. The van der Waals surface area contributed by atoms with E-state index in [9.17, 15) is 118 Å². The van der Waals surface area contributed by atoms with Crippen LogP contribution in [0.1, 0.15) is 167 Å². The van der Waals surface area contributed by atoms with Crippen molar-refractivity contribution < 1.29 is 127 Å². The van der Waals surface area contributed by atoms with Crippen molar-refractivity contribution >= 4 is 108 Å². The molecule has 0 aliphatic carbocycles. The molecule has 0 saturated carbocycles. The minimum atomic E-state index is -3.76. The van der Waals surface area contributed by atoms with E-state index in [4.69, 9.17) is 5.11 Å². The van der Waals surface area contributed by atoms with Crippen LogP contribution in [-0.4, -0.2) is 272 Å². The second-order valence-electron chi connectivity index (χ2n) is 27.8. The normalized spacial score (nSPS) is 15.8. The molecule has 0 bridgehead atoms. The van der Waals surface area contributed by atoms with Crippen molar-refractivity contribution in [3.05, 3.63) is 29.8 Å². The Bertz CT molecular complexity index is 3040. The number of hydrogen-bond acceptors (Lipinski definition) is 20. The summed E-state index contributed by atoms with van der Waals surface area (Å²) in [6.07, 6.45) is -4.80. The molecule has 35 heteroatoms. The fourth-order valence-electron chi connectivity index (χ4n) is 12.2. The molecule has 1 unspecified atom stereocenters. The number of unbranched alkanes of at least 4 members (excludes halogenated alkanes) is 2. The Labute approximate surface area is 591 Å². The van der Waals surface area contributed by atoms with E-state index in [0.29, 0.717) is 5.19 Å². The molecule has 1 aromatic carbocycles. The van der Waals surface area contributed by atoms with Crippen LogP contribution >= 0.6 is 0 Å². The van der Waals surface area contributed by atoms with E-state index in [-0.39, 0.29) is 141 Å². The van der Waals surface area contributed by atoms with Crippen LogP contribution in [0.2, 0.25) is 10.1 Å². The number of carboxylic acids is 9. The van der Waals surface area contributed by atoms with E-state index in [1.165, 1.54) is 43.9 Å². The molecule has 102 heavy (non-hydrogen) atoms. The molecule has 2 rings (SSSR count). The van der Waals surface area contributed by atoms with Gasteiger partial charge in [0.1, 0.15) is 35.5 Å². The first-order valence-corrected chi connectivity index (χ1v) is 35.8. The summed E-state index contributed by atoms with van der Waals surface area (Å²) in [5, 5.41) is 96.1. The van der Waals surface area contributed by atoms with E-state index < -0.39 is 214 Å². The Hall–Kier alpha value is -8.67. The molecule has 1 fully saturated rings. The Morgan fingerprint density at radius 2 is 0.882 bits per heavy atom. The summed E-state index contributed by atoms with van der Waals surface area (Å²) in [5.41, 5.74) is 0.0713. The number of carbonyl (C=O) groups is 16. The molecular formula is C67H103FN8O25Si. The summed E-state index contributed by atoms with van der Waals surface area (Å²) in [7, 11) is -3.76. The predicted octanol–water partition coefficient (Wildman–Crippen LogP) is 2.15. The van der Waals surface area contributed by atoms with E-state index in [1.54, 1.807) is 0 Å². The van der Waals surface area contributed by atoms with Gasteiger partial charge in [0.05, 0.1) is 37.4 Å². The second kappa shape index (κ2) is 44.0. The Balaban J connectivity index is 2.15. The number of amides is 4. The third-order valence-corrected chi connectivity index (χ3v) is 23.0. The van der Waals surface area contributed by atoms with Crippen molar-refractivity contribution in [3.8, 4) is 0 Å². The van der Waals surface area contributed by atoms with Crippen LogP contribution in [0.5, 0.6) is 0 Å². The maximum absolute atomic E-state index is 17.2. The average Bonchev–Trinajstić information content (AvgIpc) is 0.748.